The van der Waals surface area contributed by atoms with Crippen molar-refractivity contribution >= 4 is 58.4 Å². The number of thiophene rings is 1. The lowest BCUT2D eigenvalue weighted by atomic mass is 9.63. The van der Waals surface area contributed by atoms with Crippen LogP contribution in [0.15, 0.2) is 21.9 Å². The fourth-order valence-corrected chi connectivity index (χ4v) is 10.1. The zero-order valence-electron chi connectivity index (χ0n) is 25.4. The van der Waals surface area contributed by atoms with Crippen LogP contribution < -0.4 is 9.47 Å². The van der Waals surface area contributed by atoms with Gasteiger partial charge in [0.25, 0.3) is 0 Å². The molecule has 1 aromatic carbocycles. The van der Waals surface area contributed by atoms with Crippen molar-refractivity contribution in [1.29, 1.82) is 0 Å². The number of hydrogen-bond acceptors (Lipinski definition) is 7. The van der Waals surface area contributed by atoms with Crippen LogP contribution in [0.5, 0.6) is 11.5 Å². The minimum absolute atomic E-state index is 0.0444. The molecule has 0 aliphatic carbocycles. The monoisotopic (exact) mass is 600 g/mol. The molecule has 0 aliphatic rings. The summed E-state index contributed by atoms with van der Waals surface area (Å²) in [6.07, 6.45) is 4.39. The lowest BCUT2D eigenvalue weighted by molar-refractivity contribution is 0.287. The number of hydrogen-bond donors (Lipinski definition) is 0. The van der Waals surface area contributed by atoms with Crippen molar-refractivity contribution in [2.75, 3.05) is 36.9 Å². The van der Waals surface area contributed by atoms with E-state index in [9.17, 15) is 0 Å². The Balaban J connectivity index is 2.85. The van der Waals surface area contributed by atoms with Crippen molar-refractivity contribution in [2.24, 2.45) is 0 Å². The van der Waals surface area contributed by atoms with Crippen LogP contribution in [-0.4, -0.2) is 36.9 Å². The lowest BCUT2D eigenvalue weighted by Crippen LogP contribution is -2.40. The third-order valence-corrected chi connectivity index (χ3v) is 13.8. The summed E-state index contributed by atoms with van der Waals surface area (Å²) >= 11 is 9.85. The van der Waals surface area contributed by atoms with Gasteiger partial charge in [0.1, 0.15) is 11.5 Å². The van der Waals surface area contributed by atoms with E-state index in [1.54, 1.807) is 14.2 Å². The molecule has 0 fully saturated rings. The third kappa shape index (κ3) is 6.99. The molecular formula is C30H48O2S5. The van der Waals surface area contributed by atoms with Crippen LogP contribution in [0.25, 0.3) is 0 Å². The molecule has 0 aliphatic heterocycles. The van der Waals surface area contributed by atoms with Crippen molar-refractivity contribution in [3.05, 3.63) is 33.0 Å². The lowest BCUT2D eigenvalue weighted by Gasteiger charge is -2.43. The highest BCUT2D eigenvalue weighted by molar-refractivity contribution is 8.17. The Labute approximate surface area is 248 Å². The van der Waals surface area contributed by atoms with Gasteiger partial charge in [-0.05, 0) is 35.5 Å². The number of rotatable bonds is 11. The van der Waals surface area contributed by atoms with Gasteiger partial charge < -0.3 is 9.47 Å². The first-order valence-corrected chi connectivity index (χ1v) is 18.2. The Morgan fingerprint density at radius 1 is 0.622 bits per heavy atom. The molecule has 2 nitrogen and oxygen atoms in total. The summed E-state index contributed by atoms with van der Waals surface area (Å²) in [4.78, 5) is 5.93. The van der Waals surface area contributed by atoms with Crippen molar-refractivity contribution in [3.8, 4) is 11.5 Å². The predicted octanol–water partition coefficient (Wildman–Crippen LogP) is 10.4. The summed E-state index contributed by atoms with van der Waals surface area (Å²) in [5, 5.41) is 2.11. The third-order valence-electron chi connectivity index (χ3n) is 7.28. The molecule has 1 aromatic heterocycles. The first kappa shape index (κ1) is 33.1. The van der Waals surface area contributed by atoms with Crippen LogP contribution in [0, 0.1) is 0 Å². The van der Waals surface area contributed by atoms with Crippen molar-refractivity contribution in [3.63, 3.8) is 0 Å². The second-order valence-corrected chi connectivity index (χ2v) is 18.0. The van der Waals surface area contributed by atoms with Gasteiger partial charge in [-0.15, -0.1) is 34.9 Å². The molecule has 1 heterocycles. The summed E-state index contributed by atoms with van der Waals surface area (Å²) < 4.78 is 12.0. The molecule has 0 amide bonds. The maximum Gasteiger partial charge on any atom is 0.123 e. The van der Waals surface area contributed by atoms with Crippen molar-refractivity contribution in [2.45, 2.75) is 101 Å². The molecule has 0 bridgehead atoms. The van der Waals surface area contributed by atoms with E-state index in [1.807, 2.05) is 58.4 Å². The predicted molar refractivity (Wildman–Crippen MR) is 176 cm³/mol. The molecular weight excluding hydrogens is 553 g/mol. The average Bonchev–Trinajstić information content (AvgIpc) is 3.19. The number of ether oxygens (including phenoxy) is 2. The quantitative estimate of drug-likeness (QED) is 0.187. The highest BCUT2D eigenvalue weighted by atomic mass is 32.2. The van der Waals surface area contributed by atoms with Crippen LogP contribution in [0.4, 0.5) is 0 Å². The topological polar surface area (TPSA) is 18.5 Å². The summed E-state index contributed by atoms with van der Waals surface area (Å²) in [7, 11) is 3.57. The van der Waals surface area contributed by atoms with Gasteiger partial charge in [0.15, 0.2) is 0 Å². The Morgan fingerprint density at radius 2 is 1.05 bits per heavy atom. The van der Waals surface area contributed by atoms with E-state index in [2.05, 4.69) is 93.9 Å². The van der Waals surface area contributed by atoms with Crippen LogP contribution in [0.2, 0.25) is 0 Å². The van der Waals surface area contributed by atoms with Gasteiger partial charge >= 0.3 is 0 Å². The van der Waals surface area contributed by atoms with E-state index in [1.165, 1.54) is 30.7 Å². The van der Waals surface area contributed by atoms with Gasteiger partial charge in [-0.1, -0.05) is 69.2 Å². The number of methoxy groups -OCH3 is 2. The molecule has 7 heteroatoms. The molecule has 0 N–H and O–H groups in total. The largest absolute Gasteiger partial charge is 0.496 e. The van der Waals surface area contributed by atoms with Crippen molar-refractivity contribution in [1.82, 2.24) is 0 Å². The zero-order chi connectivity index (χ0) is 28.4. The van der Waals surface area contributed by atoms with Crippen LogP contribution in [0.3, 0.4) is 0 Å². The fraction of sp³-hybridized carbons (Fsp3) is 0.667. The summed E-state index contributed by atoms with van der Waals surface area (Å²) in [5.74, 6) is 1.87. The molecule has 0 atom stereocenters. The molecule has 0 saturated carbocycles. The standard InChI is InChI=1S/C30H48O2S5/c1-27(2,3)19-15-22(32-12)20(16-21(19)31-11)29(7,8)30(9,10)26-24(36-18-34-14)23(35-17-33-13)25(37-26)28(4,5)6/h15-16H,17-18H2,1-14H3. The Morgan fingerprint density at radius 3 is 1.46 bits per heavy atom. The van der Waals surface area contributed by atoms with Gasteiger partial charge in [0.05, 0.1) is 14.2 Å². The van der Waals surface area contributed by atoms with Crippen LogP contribution >= 0.6 is 58.4 Å². The second-order valence-electron chi connectivity index (χ2n) is 12.5. The Kier molecular flexibility index (Phi) is 11.3. The maximum atomic E-state index is 6.06. The molecule has 0 unspecified atom stereocenters. The maximum absolute atomic E-state index is 6.06. The Hall–Kier alpha value is -0.0800. The second kappa shape index (κ2) is 12.6. The smallest absolute Gasteiger partial charge is 0.123 e. The van der Waals surface area contributed by atoms with E-state index >= 15 is 0 Å². The molecule has 2 rings (SSSR count). The average molecular weight is 601 g/mol. The normalized spacial score (nSPS) is 13.2. The zero-order valence-corrected chi connectivity index (χ0v) is 29.5. The Bertz CT molecular complexity index is 1060. The highest BCUT2D eigenvalue weighted by Crippen LogP contribution is 2.57. The fourth-order valence-electron chi connectivity index (χ4n) is 4.40. The first-order valence-electron chi connectivity index (χ1n) is 12.7. The summed E-state index contributed by atoms with van der Waals surface area (Å²) in [6.45, 7) is 23.3. The number of thioether (sulfide) groups is 4. The van der Waals surface area contributed by atoms with Gasteiger partial charge in [-0.3, -0.25) is 0 Å². The molecule has 210 valence electrons. The van der Waals surface area contributed by atoms with Crippen LogP contribution in [0.1, 0.15) is 90.1 Å². The minimum Gasteiger partial charge on any atom is -0.496 e. The van der Waals surface area contributed by atoms with E-state index in [0.717, 1.165) is 21.7 Å². The van der Waals surface area contributed by atoms with Gasteiger partial charge in [0, 0.05) is 51.7 Å². The molecule has 0 spiro atoms. The minimum atomic E-state index is -0.224. The van der Waals surface area contributed by atoms with Gasteiger partial charge in [-0.2, -0.15) is 23.5 Å². The molecule has 0 radical (unpaired) electrons. The highest BCUT2D eigenvalue weighted by Gasteiger charge is 2.46. The summed E-state index contributed by atoms with van der Waals surface area (Å²) in [6, 6.07) is 4.43. The van der Waals surface area contributed by atoms with E-state index < -0.39 is 0 Å². The van der Waals surface area contributed by atoms with E-state index in [0.29, 0.717) is 0 Å². The van der Waals surface area contributed by atoms with Gasteiger partial charge in [0.2, 0.25) is 0 Å². The van der Waals surface area contributed by atoms with Gasteiger partial charge in [-0.25, -0.2) is 0 Å². The molecule has 37 heavy (non-hydrogen) atoms. The van der Waals surface area contributed by atoms with E-state index in [4.69, 9.17) is 9.47 Å². The SMILES string of the molecule is COc1cc(C(C)(C)C(C)(C)c2sc(C(C)(C)C)c(SCSC)c2SCSC)c(OC)cc1C(C)(C)C. The summed E-state index contributed by atoms with van der Waals surface area (Å²) in [5.41, 5.74) is 2.03. The molecule has 0 saturated heterocycles. The van der Waals surface area contributed by atoms with E-state index in [-0.39, 0.29) is 21.7 Å². The first-order chi connectivity index (χ1) is 17.0. The van der Waals surface area contributed by atoms with Crippen molar-refractivity contribution < 1.29 is 9.47 Å². The van der Waals surface area contributed by atoms with Crippen LogP contribution in [-0.2, 0) is 21.7 Å². The number of benzene rings is 1. The molecule has 2 aromatic rings.